The maximum Gasteiger partial charge on any atom is 0.307 e. The number of hydrogen-bond acceptors (Lipinski definition) is 3. The number of carbonyl (C=O) groups excluding carboxylic acids is 1. The van der Waals surface area contributed by atoms with E-state index in [4.69, 9.17) is 4.74 Å². The van der Waals surface area contributed by atoms with E-state index in [-0.39, 0.29) is 11.4 Å². The van der Waals surface area contributed by atoms with E-state index in [2.05, 4.69) is 6.92 Å². The second-order valence-electron chi connectivity index (χ2n) is 5.82. The molecule has 15 heavy (non-hydrogen) atoms. The van der Waals surface area contributed by atoms with Crippen molar-refractivity contribution < 1.29 is 14.6 Å². The molecule has 1 N–H and O–H groups in total. The van der Waals surface area contributed by atoms with Gasteiger partial charge in [0.25, 0.3) is 0 Å². The fraction of sp³-hybridized carbons (Fsp3) is 0.917. The van der Waals surface area contributed by atoms with Gasteiger partial charge in [-0.05, 0) is 25.2 Å². The predicted molar refractivity (Wildman–Crippen MR) is 56.2 cm³/mol. The minimum absolute atomic E-state index is 0.159. The highest BCUT2D eigenvalue weighted by atomic mass is 16.6. The summed E-state index contributed by atoms with van der Waals surface area (Å²) in [4.78, 5) is 11.4. The SMILES string of the molecule is C[C@H]1CC[C@@]2(OC(=O)CC2(C)C)[C@H](O)C1. The molecule has 3 atom stereocenters. The number of carbonyl (C=O) groups is 1. The van der Waals surface area contributed by atoms with Crippen LogP contribution in [-0.4, -0.2) is 22.8 Å². The van der Waals surface area contributed by atoms with Crippen LogP contribution in [0.4, 0.5) is 0 Å². The Balaban J connectivity index is 2.29. The molecule has 2 rings (SSSR count). The molecule has 1 saturated heterocycles. The Morgan fingerprint density at radius 3 is 2.60 bits per heavy atom. The van der Waals surface area contributed by atoms with Crippen molar-refractivity contribution in [3.8, 4) is 0 Å². The van der Waals surface area contributed by atoms with Crippen molar-refractivity contribution in [2.75, 3.05) is 0 Å². The number of aliphatic hydroxyl groups excluding tert-OH is 1. The van der Waals surface area contributed by atoms with Gasteiger partial charge in [0, 0.05) is 5.41 Å². The van der Waals surface area contributed by atoms with Gasteiger partial charge in [-0.15, -0.1) is 0 Å². The zero-order valence-corrected chi connectivity index (χ0v) is 9.75. The maximum atomic E-state index is 11.4. The number of esters is 1. The van der Waals surface area contributed by atoms with Crippen molar-refractivity contribution in [1.82, 2.24) is 0 Å². The van der Waals surface area contributed by atoms with Crippen LogP contribution >= 0.6 is 0 Å². The summed E-state index contributed by atoms with van der Waals surface area (Å²) in [7, 11) is 0. The summed E-state index contributed by atoms with van der Waals surface area (Å²) in [5.74, 6) is 0.370. The first-order valence-corrected chi connectivity index (χ1v) is 5.77. The normalized spacial score (nSPS) is 44.4. The van der Waals surface area contributed by atoms with Gasteiger partial charge in [0.15, 0.2) is 0 Å². The summed E-state index contributed by atoms with van der Waals surface area (Å²) in [5.41, 5.74) is -0.847. The Kier molecular flexibility index (Phi) is 2.34. The van der Waals surface area contributed by atoms with Gasteiger partial charge in [-0.1, -0.05) is 20.8 Å². The topological polar surface area (TPSA) is 46.5 Å². The maximum absolute atomic E-state index is 11.4. The van der Waals surface area contributed by atoms with Crippen LogP contribution in [0, 0.1) is 11.3 Å². The van der Waals surface area contributed by atoms with Crippen LogP contribution in [0.25, 0.3) is 0 Å². The summed E-state index contributed by atoms with van der Waals surface area (Å²) >= 11 is 0. The van der Waals surface area contributed by atoms with E-state index in [0.29, 0.717) is 12.3 Å². The van der Waals surface area contributed by atoms with Crippen molar-refractivity contribution in [2.24, 2.45) is 11.3 Å². The van der Waals surface area contributed by atoms with E-state index in [1.165, 1.54) is 0 Å². The van der Waals surface area contributed by atoms with Crippen LogP contribution in [0.1, 0.15) is 46.5 Å². The molecular weight excluding hydrogens is 192 g/mol. The molecule has 1 aliphatic carbocycles. The zero-order valence-electron chi connectivity index (χ0n) is 9.75. The lowest BCUT2D eigenvalue weighted by molar-refractivity contribution is -0.180. The first kappa shape index (κ1) is 10.9. The number of aliphatic hydroxyl groups is 1. The van der Waals surface area contributed by atoms with Gasteiger partial charge in [0.05, 0.1) is 12.5 Å². The van der Waals surface area contributed by atoms with E-state index in [0.717, 1.165) is 19.3 Å². The summed E-state index contributed by atoms with van der Waals surface area (Å²) < 4.78 is 5.48. The number of hydrogen-bond donors (Lipinski definition) is 1. The monoisotopic (exact) mass is 212 g/mol. The summed E-state index contributed by atoms with van der Waals surface area (Å²) in [5, 5.41) is 10.2. The lowest BCUT2D eigenvalue weighted by atomic mass is 9.64. The van der Waals surface area contributed by atoms with Crippen molar-refractivity contribution in [2.45, 2.75) is 58.2 Å². The zero-order chi connectivity index (χ0) is 11.3. The van der Waals surface area contributed by atoms with E-state index in [1.54, 1.807) is 0 Å². The quantitative estimate of drug-likeness (QED) is 0.624. The molecule has 1 aliphatic heterocycles. The minimum Gasteiger partial charge on any atom is -0.456 e. The van der Waals surface area contributed by atoms with Gasteiger partial charge in [-0.25, -0.2) is 0 Å². The standard InChI is InChI=1S/C12H20O3/c1-8-4-5-12(9(13)6-8)11(2,3)7-10(14)15-12/h8-9,13H,4-7H2,1-3H3/t8-,9+,12+/m0/s1. The fourth-order valence-electron chi connectivity index (χ4n) is 3.11. The van der Waals surface area contributed by atoms with Crippen LogP contribution in [0.2, 0.25) is 0 Å². The molecule has 1 saturated carbocycles. The Morgan fingerprint density at radius 1 is 1.47 bits per heavy atom. The first-order chi connectivity index (χ1) is 6.87. The minimum atomic E-state index is -0.614. The fourth-order valence-corrected chi connectivity index (χ4v) is 3.11. The molecule has 0 aromatic rings. The Morgan fingerprint density at radius 2 is 2.13 bits per heavy atom. The number of ether oxygens (including phenoxy) is 1. The molecule has 1 spiro atoms. The highest BCUT2D eigenvalue weighted by Gasteiger charge is 2.60. The Hall–Kier alpha value is -0.570. The van der Waals surface area contributed by atoms with E-state index >= 15 is 0 Å². The van der Waals surface area contributed by atoms with Crippen LogP contribution in [0.5, 0.6) is 0 Å². The molecular formula is C12H20O3. The predicted octanol–water partition coefficient (Wildman–Crippen LogP) is 1.88. The Bertz CT molecular complexity index is 285. The highest BCUT2D eigenvalue weighted by Crippen LogP contribution is 2.52. The van der Waals surface area contributed by atoms with Crippen LogP contribution < -0.4 is 0 Å². The second-order valence-corrected chi connectivity index (χ2v) is 5.82. The third kappa shape index (κ3) is 1.48. The number of rotatable bonds is 0. The molecule has 0 unspecified atom stereocenters. The van der Waals surface area contributed by atoms with E-state index < -0.39 is 11.7 Å². The summed E-state index contributed by atoms with van der Waals surface area (Å²) in [6.07, 6.45) is 2.51. The molecule has 0 amide bonds. The second kappa shape index (κ2) is 3.21. The van der Waals surface area contributed by atoms with Crippen LogP contribution in [0.15, 0.2) is 0 Å². The molecule has 0 bridgehead atoms. The first-order valence-electron chi connectivity index (χ1n) is 5.77. The van der Waals surface area contributed by atoms with Crippen LogP contribution in [-0.2, 0) is 9.53 Å². The molecule has 86 valence electrons. The highest BCUT2D eigenvalue weighted by molar-refractivity contribution is 5.74. The lowest BCUT2D eigenvalue weighted by Crippen LogP contribution is -2.54. The lowest BCUT2D eigenvalue weighted by Gasteiger charge is -2.46. The molecule has 3 nitrogen and oxygen atoms in total. The third-order valence-electron chi connectivity index (χ3n) is 4.20. The van der Waals surface area contributed by atoms with Crippen LogP contribution in [0.3, 0.4) is 0 Å². The van der Waals surface area contributed by atoms with Crippen molar-refractivity contribution in [3.63, 3.8) is 0 Å². The van der Waals surface area contributed by atoms with Gasteiger partial charge >= 0.3 is 5.97 Å². The summed E-state index contributed by atoms with van der Waals surface area (Å²) in [6.45, 7) is 6.19. The van der Waals surface area contributed by atoms with Crippen molar-refractivity contribution in [1.29, 1.82) is 0 Å². The van der Waals surface area contributed by atoms with Crippen molar-refractivity contribution in [3.05, 3.63) is 0 Å². The van der Waals surface area contributed by atoms with Gasteiger partial charge in [-0.3, -0.25) is 4.79 Å². The molecule has 0 aromatic carbocycles. The van der Waals surface area contributed by atoms with Gasteiger partial charge < -0.3 is 9.84 Å². The van der Waals surface area contributed by atoms with Gasteiger partial charge in [0.2, 0.25) is 0 Å². The third-order valence-corrected chi connectivity index (χ3v) is 4.20. The van der Waals surface area contributed by atoms with Gasteiger partial charge in [0.1, 0.15) is 5.60 Å². The molecule has 2 aliphatic rings. The van der Waals surface area contributed by atoms with E-state index in [9.17, 15) is 9.90 Å². The smallest absolute Gasteiger partial charge is 0.307 e. The average molecular weight is 212 g/mol. The van der Waals surface area contributed by atoms with Crippen molar-refractivity contribution >= 4 is 5.97 Å². The van der Waals surface area contributed by atoms with E-state index in [1.807, 2.05) is 13.8 Å². The molecule has 0 aromatic heterocycles. The molecule has 1 heterocycles. The average Bonchev–Trinajstić information content (AvgIpc) is 2.30. The van der Waals surface area contributed by atoms with Gasteiger partial charge in [-0.2, -0.15) is 0 Å². The molecule has 2 fully saturated rings. The Labute approximate surface area is 90.8 Å². The largest absolute Gasteiger partial charge is 0.456 e. The summed E-state index contributed by atoms with van der Waals surface area (Å²) in [6, 6.07) is 0. The molecule has 0 radical (unpaired) electrons. The molecule has 3 heteroatoms.